The topological polar surface area (TPSA) is 78.8 Å². The summed E-state index contributed by atoms with van der Waals surface area (Å²) in [6, 6.07) is 11.4. The molecule has 6 rings (SSSR count). The van der Waals surface area contributed by atoms with Gasteiger partial charge in [0.15, 0.2) is 0 Å². The van der Waals surface area contributed by atoms with Gasteiger partial charge in [-0.25, -0.2) is 0 Å². The summed E-state index contributed by atoms with van der Waals surface area (Å²) in [7, 11) is 0. The minimum atomic E-state index is 1.05. The average Bonchev–Trinajstić information content (AvgIpc) is 3.66. The highest BCUT2D eigenvalue weighted by atomic mass is 16.3. The van der Waals surface area contributed by atoms with Gasteiger partial charge in [0, 0.05) is 33.4 Å². The predicted octanol–water partition coefficient (Wildman–Crippen LogP) is 7.62. The Bertz CT molecular complexity index is 893. The van der Waals surface area contributed by atoms with E-state index in [0.29, 0.717) is 0 Å². The van der Waals surface area contributed by atoms with Crippen molar-refractivity contribution in [1.82, 2.24) is 0 Å². The molecular weight excluding hydrogens is 384 g/mol. The van der Waals surface area contributed by atoms with Crippen LogP contribution in [0.3, 0.4) is 0 Å². The summed E-state index contributed by atoms with van der Waals surface area (Å²) in [5.41, 5.74) is 6.30. The third kappa shape index (κ3) is 4.94. The molecule has 0 saturated carbocycles. The van der Waals surface area contributed by atoms with Gasteiger partial charge in [0.2, 0.25) is 0 Å². The van der Waals surface area contributed by atoms with E-state index in [1.807, 2.05) is 36.4 Å². The van der Waals surface area contributed by atoms with Crippen molar-refractivity contribution in [2.75, 3.05) is 0 Å². The van der Waals surface area contributed by atoms with E-state index in [1.165, 1.54) is 0 Å². The summed E-state index contributed by atoms with van der Waals surface area (Å²) >= 11 is 0. The molecule has 0 atom stereocenters. The minimum absolute atomic E-state index is 1.05. The van der Waals surface area contributed by atoms with Crippen molar-refractivity contribution >= 4 is 0 Å². The van der Waals surface area contributed by atoms with Gasteiger partial charge in [-0.15, -0.1) is 0 Å². The Hall–Kier alpha value is -4.32. The summed E-state index contributed by atoms with van der Waals surface area (Å²) in [5, 5.41) is 0. The van der Waals surface area contributed by atoms with E-state index in [2.05, 4.69) is 0 Å². The van der Waals surface area contributed by atoms with Crippen molar-refractivity contribution in [3.05, 3.63) is 112 Å². The van der Waals surface area contributed by atoms with E-state index in [1.54, 1.807) is 75.2 Å². The zero-order chi connectivity index (χ0) is 20.4. The molecule has 30 heavy (non-hydrogen) atoms. The van der Waals surface area contributed by atoms with Crippen LogP contribution in [0.2, 0.25) is 0 Å². The Morgan fingerprint density at radius 1 is 0.267 bits per heavy atom. The van der Waals surface area contributed by atoms with Crippen LogP contribution < -0.4 is 0 Å². The Morgan fingerprint density at radius 3 is 0.533 bits per heavy atom. The van der Waals surface area contributed by atoms with E-state index >= 15 is 0 Å². The summed E-state index contributed by atoms with van der Waals surface area (Å²) in [6.45, 7) is 0. The maximum absolute atomic E-state index is 4.90. The van der Waals surface area contributed by atoms with Gasteiger partial charge in [-0.1, -0.05) is 0 Å². The van der Waals surface area contributed by atoms with Crippen molar-refractivity contribution in [3.63, 3.8) is 0 Å². The molecule has 0 saturated heterocycles. The SMILES string of the molecule is c1cc(-c2ccoc2)co1.c1cc(-c2ccoc2)co1.c1cc(-c2ccoc2)co1. The third-order valence-electron chi connectivity index (χ3n) is 4.13. The lowest BCUT2D eigenvalue weighted by Crippen LogP contribution is -1.61. The second-order valence-corrected chi connectivity index (χ2v) is 6.07. The largest absolute Gasteiger partial charge is 0.472 e. The molecule has 6 aromatic rings. The minimum Gasteiger partial charge on any atom is -0.472 e. The van der Waals surface area contributed by atoms with E-state index in [0.717, 1.165) is 33.4 Å². The maximum Gasteiger partial charge on any atom is 0.0982 e. The number of hydrogen-bond acceptors (Lipinski definition) is 6. The summed E-state index contributed by atoms with van der Waals surface area (Å²) in [4.78, 5) is 0. The van der Waals surface area contributed by atoms with Crippen LogP contribution in [0, 0.1) is 0 Å². The van der Waals surface area contributed by atoms with Crippen LogP contribution in [-0.2, 0) is 0 Å². The lowest BCUT2D eigenvalue weighted by Gasteiger charge is -1.82. The summed E-state index contributed by atoms with van der Waals surface area (Å²) < 4.78 is 29.4. The van der Waals surface area contributed by atoms with Crippen molar-refractivity contribution < 1.29 is 26.5 Å². The highest BCUT2D eigenvalue weighted by molar-refractivity contribution is 5.61. The lowest BCUT2D eigenvalue weighted by atomic mass is 10.2. The molecule has 150 valence electrons. The standard InChI is InChI=1S/3C8H6O2/c3*1-3-9-5-7(1)8-2-4-10-6-8/h3*1-6H. The first-order chi connectivity index (χ1) is 14.9. The fraction of sp³-hybridized carbons (Fsp3) is 0. The molecule has 0 radical (unpaired) electrons. The summed E-state index contributed by atoms with van der Waals surface area (Å²) in [6.07, 6.45) is 20.0. The molecule has 0 aliphatic carbocycles. The first-order valence-corrected chi connectivity index (χ1v) is 9.04. The van der Waals surface area contributed by atoms with E-state index in [-0.39, 0.29) is 0 Å². The van der Waals surface area contributed by atoms with Gasteiger partial charge in [-0.2, -0.15) is 0 Å². The Labute approximate surface area is 171 Å². The van der Waals surface area contributed by atoms with Gasteiger partial charge >= 0.3 is 0 Å². The molecule has 6 nitrogen and oxygen atoms in total. The number of furan rings is 6. The van der Waals surface area contributed by atoms with Crippen LogP contribution in [0.4, 0.5) is 0 Å². The first-order valence-electron chi connectivity index (χ1n) is 9.04. The van der Waals surface area contributed by atoms with E-state index in [9.17, 15) is 0 Å². The molecule has 0 fully saturated rings. The highest BCUT2D eigenvalue weighted by Gasteiger charge is 1.99. The average molecular weight is 402 g/mol. The predicted molar refractivity (Wildman–Crippen MR) is 109 cm³/mol. The van der Waals surface area contributed by atoms with Gasteiger partial charge < -0.3 is 26.5 Å². The van der Waals surface area contributed by atoms with Crippen LogP contribution in [-0.4, -0.2) is 0 Å². The molecule has 6 aromatic heterocycles. The van der Waals surface area contributed by atoms with Crippen LogP contribution in [0.25, 0.3) is 33.4 Å². The zero-order valence-corrected chi connectivity index (χ0v) is 15.8. The molecule has 6 heterocycles. The van der Waals surface area contributed by atoms with Crippen LogP contribution >= 0.6 is 0 Å². The monoisotopic (exact) mass is 402 g/mol. The van der Waals surface area contributed by atoms with Gasteiger partial charge in [0.25, 0.3) is 0 Å². The molecule has 0 spiro atoms. The molecular formula is C24H18O6. The van der Waals surface area contributed by atoms with Crippen LogP contribution in [0.5, 0.6) is 0 Å². The summed E-state index contributed by atoms with van der Waals surface area (Å²) in [5.74, 6) is 0. The Balaban J connectivity index is 0.000000109. The number of rotatable bonds is 3. The van der Waals surface area contributed by atoms with Crippen LogP contribution in [0.1, 0.15) is 0 Å². The zero-order valence-electron chi connectivity index (χ0n) is 15.8. The second-order valence-electron chi connectivity index (χ2n) is 6.07. The highest BCUT2D eigenvalue weighted by Crippen LogP contribution is 2.20. The smallest absolute Gasteiger partial charge is 0.0982 e. The van der Waals surface area contributed by atoms with Crippen molar-refractivity contribution in [2.45, 2.75) is 0 Å². The normalized spacial score (nSPS) is 10.0. The number of hydrogen-bond donors (Lipinski definition) is 0. The van der Waals surface area contributed by atoms with Crippen molar-refractivity contribution in [1.29, 1.82) is 0 Å². The maximum atomic E-state index is 4.90. The quantitative estimate of drug-likeness (QED) is 0.303. The molecule has 0 aliphatic heterocycles. The van der Waals surface area contributed by atoms with Crippen molar-refractivity contribution in [3.8, 4) is 33.4 Å². The molecule has 6 heteroatoms. The molecule has 0 bridgehead atoms. The van der Waals surface area contributed by atoms with Gasteiger partial charge in [-0.05, 0) is 36.4 Å². The Morgan fingerprint density at radius 2 is 0.433 bits per heavy atom. The molecule has 0 N–H and O–H groups in total. The van der Waals surface area contributed by atoms with Gasteiger partial charge in [0.1, 0.15) is 0 Å². The third-order valence-corrected chi connectivity index (χ3v) is 4.13. The second kappa shape index (κ2) is 9.75. The molecule has 0 aromatic carbocycles. The van der Waals surface area contributed by atoms with Gasteiger partial charge in [-0.3, -0.25) is 0 Å². The lowest BCUT2D eigenvalue weighted by molar-refractivity contribution is 0.565. The van der Waals surface area contributed by atoms with E-state index in [4.69, 9.17) is 26.5 Å². The first kappa shape index (κ1) is 19.0. The molecule has 0 amide bonds. The van der Waals surface area contributed by atoms with Crippen molar-refractivity contribution in [2.24, 2.45) is 0 Å². The van der Waals surface area contributed by atoms with E-state index < -0.39 is 0 Å². The fourth-order valence-electron chi connectivity index (χ4n) is 2.57. The van der Waals surface area contributed by atoms with Crippen LogP contribution in [0.15, 0.2) is 138 Å². The van der Waals surface area contributed by atoms with Gasteiger partial charge in [0.05, 0.1) is 75.2 Å². The molecule has 0 unspecified atom stereocenters. The fourth-order valence-corrected chi connectivity index (χ4v) is 2.57. The molecule has 0 aliphatic rings. The Kier molecular flexibility index (Phi) is 6.18.